The summed E-state index contributed by atoms with van der Waals surface area (Å²) in [6.07, 6.45) is 11.2. The Hall–Kier alpha value is -3.22. The zero-order chi connectivity index (χ0) is 16.5. The summed E-state index contributed by atoms with van der Waals surface area (Å²) in [5.41, 5.74) is 3.87. The van der Waals surface area contributed by atoms with Gasteiger partial charge >= 0.3 is 0 Å². The Bertz CT molecular complexity index is 852. The van der Waals surface area contributed by atoms with E-state index in [0.29, 0.717) is 0 Å². The summed E-state index contributed by atoms with van der Waals surface area (Å²) in [5, 5.41) is 4.66. The first-order valence-electron chi connectivity index (χ1n) is 7.71. The van der Waals surface area contributed by atoms with Crippen molar-refractivity contribution < 1.29 is 0 Å². The summed E-state index contributed by atoms with van der Waals surface area (Å²) in [6, 6.07) is 1.88. The lowest BCUT2D eigenvalue weighted by atomic mass is 9.99. The number of nitrogens with one attached hydrogen (secondary N) is 1. The summed E-state index contributed by atoms with van der Waals surface area (Å²) < 4.78 is 1.72. The molecule has 0 saturated heterocycles. The Labute approximate surface area is 139 Å². The molecule has 0 fully saturated rings. The Morgan fingerprint density at radius 2 is 2.17 bits per heavy atom. The van der Waals surface area contributed by atoms with Crippen LogP contribution in [0.5, 0.6) is 0 Å². The van der Waals surface area contributed by atoms with Gasteiger partial charge < -0.3 is 9.88 Å². The fraction of sp³-hybridized carbons (Fsp3) is 0.176. The third-order valence-corrected chi connectivity index (χ3v) is 4.21. The molecular weight excluding hydrogens is 302 g/mol. The van der Waals surface area contributed by atoms with E-state index < -0.39 is 0 Å². The predicted molar refractivity (Wildman–Crippen MR) is 92.2 cm³/mol. The lowest BCUT2D eigenvalue weighted by molar-refractivity contribution is 0.609. The highest BCUT2D eigenvalue weighted by Gasteiger charge is 2.34. The molecule has 120 valence electrons. The second-order valence-corrected chi connectivity index (χ2v) is 5.50. The number of aromatic nitrogens is 6. The van der Waals surface area contributed by atoms with Gasteiger partial charge in [-0.05, 0) is 12.1 Å². The van der Waals surface area contributed by atoms with Gasteiger partial charge in [-0.2, -0.15) is 5.10 Å². The van der Waals surface area contributed by atoms with Gasteiger partial charge in [0.2, 0.25) is 0 Å². The van der Waals surface area contributed by atoms with Gasteiger partial charge in [-0.15, -0.1) is 0 Å². The van der Waals surface area contributed by atoms with Crippen LogP contribution in [0.25, 0.3) is 12.3 Å². The highest BCUT2D eigenvalue weighted by molar-refractivity contribution is 5.51. The van der Waals surface area contributed by atoms with Crippen LogP contribution in [-0.2, 0) is 6.42 Å². The summed E-state index contributed by atoms with van der Waals surface area (Å²) >= 11 is 0. The minimum atomic E-state index is -0.128. The van der Waals surface area contributed by atoms with Crippen molar-refractivity contribution in [3.05, 3.63) is 66.9 Å². The van der Waals surface area contributed by atoms with Gasteiger partial charge in [0.05, 0.1) is 29.6 Å². The van der Waals surface area contributed by atoms with Gasteiger partial charge in [-0.25, -0.2) is 14.6 Å². The normalized spacial score (nSPS) is 16.7. The van der Waals surface area contributed by atoms with E-state index in [1.807, 2.05) is 6.07 Å². The SMILES string of the molecule is C=Cc1cc([C@@H]2c3nc[nH]c3CCN2c2cnccn2)nn1C=C. The summed E-state index contributed by atoms with van der Waals surface area (Å²) in [4.78, 5) is 18.6. The topological polar surface area (TPSA) is 75.5 Å². The predicted octanol–water partition coefficient (Wildman–Crippen LogP) is 2.29. The van der Waals surface area contributed by atoms with Crippen LogP contribution in [0.2, 0.25) is 0 Å². The molecule has 1 aliphatic heterocycles. The maximum atomic E-state index is 4.66. The molecule has 0 amide bonds. The van der Waals surface area contributed by atoms with Crippen LogP contribution in [0.1, 0.15) is 28.8 Å². The van der Waals surface area contributed by atoms with Crippen molar-refractivity contribution in [2.24, 2.45) is 0 Å². The fourth-order valence-electron chi connectivity index (χ4n) is 3.12. The van der Waals surface area contributed by atoms with Gasteiger partial charge in [0.15, 0.2) is 0 Å². The number of nitrogens with zero attached hydrogens (tertiary/aromatic N) is 6. The second-order valence-electron chi connectivity index (χ2n) is 5.50. The van der Waals surface area contributed by atoms with Crippen LogP contribution in [0.15, 0.2) is 44.1 Å². The molecule has 0 aliphatic carbocycles. The molecule has 1 aliphatic rings. The molecule has 0 aromatic carbocycles. The van der Waals surface area contributed by atoms with E-state index >= 15 is 0 Å². The zero-order valence-corrected chi connectivity index (χ0v) is 13.1. The van der Waals surface area contributed by atoms with Crippen molar-refractivity contribution in [3.8, 4) is 0 Å². The molecule has 1 atom stereocenters. The first kappa shape index (κ1) is 14.4. The average Bonchev–Trinajstić information content (AvgIpc) is 3.27. The van der Waals surface area contributed by atoms with Crippen molar-refractivity contribution in [2.75, 3.05) is 11.4 Å². The first-order chi connectivity index (χ1) is 11.8. The van der Waals surface area contributed by atoms with E-state index in [2.05, 4.69) is 43.1 Å². The molecule has 0 spiro atoms. The number of rotatable bonds is 4. The Morgan fingerprint density at radius 1 is 1.25 bits per heavy atom. The lowest BCUT2D eigenvalue weighted by Crippen LogP contribution is -2.37. The molecule has 1 N–H and O–H groups in total. The van der Waals surface area contributed by atoms with Crippen LogP contribution in [0, 0.1) is 0 Å². The zero-order valence-electron chi connectivity index (χ0n) is 13.1. The summed E-state index contributed by atoms with van der Waals surface area (Å²) in [7, 11) is 0. The van der Waals surface area contributed by atoms with Gasteiger partial charge in [0, 0.05) is 37.3 Å². The van der Waals surface area contributed by atoms with Gasteiger partial charge in [-0.1, -0.05) is 13.2 Å². The maximum absolute atomic E-state index is 4.66. The molecule has 4 rings (SSSR count). The van der Waals surface area contributed by atoms with Crippen LogP contribution in [0.3, 0.4) is 0 Å². The monoisotopic (exact) mass is 319 g/mol. The van der Waals surface area contributed by atoms with E-state index in [1.54, 1.807) is 41.9 Å². The van der Waals surface area contributed by atoms with Gasteiger partial charge in [0.25, 0.3) is 0 Å². The molecule has 7 nitrogen and oxygen atoms in total. The number of hydrogen-bond donors (Lipinski definition) is 1. The maximum Gasteiger partial charge on any atom is 0.147 e. The molecule has 0 saturated carbocycles. The van der Waals surface area contributed by atoms with E-state index in [1.165, 1.54) is 0 Å². The number of anilines is 1. The van der Waals surface area contributed by atoms with E-state index in [0.717, 1.165) is 41.6 Å². The summed E-state index contributed by atoms with van der Waals surface area (Å²) in [6.45, 7) is 8.46. The molecule has 3 aromatic rings. The van der Waals surface area contributed by atoms with Crippen molar-refractivity contribution in [2.45, 2.75) is 12.5 Å². The van der Waals surface area contributed by atoms with Gasteiger partial charge in [-0.3, -0.25) is 4.98 Å². The number of fused-ring (bicyclic) bond motifs is 1. The number of hydrogen-bond acceptors (Lipinski definition) is 5. The Morgan fingerprint density at radius 3 is 2.88 bits per heavy atom. The molecule has 7 heteroatoms. The molecular formula is C17H17N7. The third-order valence-electron chi connectivity index (χ3n) is 4.21. The van der Waals surface area contributed by atoms with Crippen molar-refractivity contribution >= 4 is 18.1 Å². The smallest absolute Gasteiger partial charge is 0.147 e. The molecule has 0 bridgehead atoms. The third kappa shape index (κ3) is 2.21. The standard InChI is InChI=1S/C17H17N7/c1-3-12-9-14(22-24(12)4-2)17-16-13(20-11-21-16)5-8-23(17)15-10-18-6-7-19-15/h3-4,6-7,9-11,17H,1-2,5,8H2,(H,20,21)/t17-/m1/s1. The van der Waals surface area contributed by atoms with E-state index in [-0.39, 0.29) is 6.04 Å². The minimum absolute atomic E-state index is 0.128. The number of aromatic amines is 1. The molecule has 24 heavy (non-hydrogen) atoms. The molecule has 0 radical (unpaired) electrons. The average molecular weight is 319 g/mol. The molecule has 3 aromatic heterocycles. The Kier molecular flexibility index (Phi) is 3.45. The van der Waals surface area contributed by atoms with Crippen LogP contribution >= 0.6 is 0 Å². The van der Waals surface area contributed by atoms with E-state index in [4.69, 9.17) is 0 Å². The van der Waals surface area contributed by atoms with Crippen molar-refractivity contribution in [1.29, 1.82) is 0 Å². The quantitative estimate of drug-likeness (QED) is 0.798. The summed E-state index contributed by atoms with van der Waals surface area (Å²) in [5.74, 6) is 0.810. The minimum Gasteiger partial charge on any atom is -0.348 e. The van der Waals surface area contributed by atoms with Crippen LogP contribution in [0.4, 0.5) is 5.82 Å². The van der Waals surface area contributed by atoms with E-state index in [9.17, 15) is 0 Å². The van der Waals surface area contributed by atoms with Crippen LogP contribution in [-0.4, -0.2) is 36.3 Å². The highest BCUT2D eigenvalue weighted by atomic mass is 15.3. The largest absolute Gasteiger partial charge is 0.348 e. The van der Waals surface area contributed by atoms with Crippen molar-refractivity contribution in [3.63, 3.8) is 0 Å². The van der Waals surface area contributed by atoms with Crippen molar-refractivity contribution in [1.82, 2.24) is 29.7 Å². The lowest BCUT2D eigenvalue weighted by Gasteiger charge is -2.34. The fourth-order valence-corrected chi connectivity index (χ4v) is 3.12. The number of H-pyrrole nitrogens is 1. The highest BCUT2D eigenvalue weighted by Crippen LogP contribution is 2.35. The van der Waals surface area contributed by atoms with Gasteiger partial charge in [0.1, 0.15) is 11.9 Å². The molecule has 4 heterocycles. The Balaban J connectivity index is 1.86. The first-order valence-corrected chi connectivity index (χ1v) is 7.71. The van der Waals surface area contributed by atoms with Crippen LogP contribution < -0.4 is 4.90 Å². The second kappa shape index (κ2) is 5.77. The number of imidazole rings is 1. The molecule has 0 unspecified atom stereocenters.